The van der Waals surface area contributed by atoms with Crippen molar-refractivity contribution in [2.24, 2.45) is 0 Å². The number of benzene rings is 1. The molecule has 1 N–H and O–H groups in total. The van der Waals surface area contributed by atoms with E-state index in [0.717, 1.165) is 17.5 Å². The fourth-order valence-corrected chi connectivity index (χ4v) is 3.31. The van der Waals surface area contributed by atoms with E-state index in [1.54, 1.807) is 6.92 Å². The maximum atomic E-state index is 12.5. The molecule has 0 fully saturated rings. The number of anilines is 1. The van der Waals surface area contributed by atoms with Crippen molar-refractivity contribution in [3.8, 4) is 5.75 Å². The number of nitrogens with one attached hydrogen (secondary N) is 1. The predicted octanol–water partition coefficient (Wildman–Crippen LogP) is 3.59. The van der Waals surface area contributed by atoms with Gasteiger partial charge in [0, 0.05) is 0 Å². The highest BCUT2D eigenvalue weighted by Gasteiger charge is 2.23. The second-order valence-electron chi connectivity index (χ2n) is 5.38. The monoisotopic (exact) mass is 397 g/mol. The Morgan fingerprint density at radius 1 is 1.48 bits per heavy atom. The van der Waals surface area contributed by atoms with Crippen molar-refractivity contribution in [1.82, 2.24) is 14.8 Å². The maximum absolute atomic E-state index is 12.5. The van der Waals surface area contributed by atoms with Crippen molar-refractivity contribution in [3.63, 3.8) is 0 Å². The molecule has 1 unspecified atom stereocenters. The van der Waals surface area contributed by atoms with Crippen LogP contribution in [0.3, 0.4) is 0 Å². The van der Waals surface area contributed by atoms with Gasteiger partial charge < -0.3 is 10.1 Å². The van der Waals surface area contributed by atoms with Gasteiger partial charge in [0.1, 0.15) is 24.2 Å². The van der Waals surface area contributed by atoms with Crippen molar-refractivity contribution in [1.29, 1.82) is 0 Å². The Labute approximate surface area is 154 Å². The number of amides is 1. The molecule has 0 spiro atoms. The van der Waals surface area contributed by atoms with Gasteiger partial charge in [0.15, 0.2) is 5.13 Å². The minimum Gasteiger partial charge on any atom is -0.435 e. The number of ether oxygens (including phenoxy) is 1. The van der Waals surface area contributed by atoms with Crippen LogP contribution in [-0.2, 0) is 4.79 Å². The molecule has 0 radical (unpaired) electrons. The van der Waals surface area contributed by atoms with Gasteiger partial charge in [0.05, 0.1) is 15.1 Å². The lowest BCUT2D eigenvalue weighted by atomic mass is 10.2. The van der Waals surface area contributed by atoms with Crippen LogP contribution in [0, 0.1) is 10.1 Å². The molecular formula is C15H13F2N5O4S. The van der Waals surface area contributed by atoms with Gasteiger partial charge in [0.25, 0.3) is 5.91 Å². The van der Waals surface area contributed by atoms with Crippen LogP contribution in [0.4, 0.5) is 19.6 Å². The van der Waals surface area contributed by atoms with Gasteiger partial charge in [-0.2, -0.15) is 13.9 Å². The first kappa shape index (κ1) is 18.6. The number of nitro groups is 1. The normalized spacial score (nSPS) is 12.3. The van der Waals surface area contributed by atoms with Crippen molar-refractivity contribution in [2.75, 3.05) is 5.32 Å². The largest absolute Gasteiger partial charge is 0.435 e. The number of hydrogen-bond donors (Lipinski definition) is 1. The summed E-state index contributed by atoms with van der Waals surface area (Å²) in [6.07, 6.45) is 2.60. The number of halogens is 2. The number of nitrogens with zero attached hydrogens (tertiary/aromatic N) is 4. The van der Waals surface area contributed by atoms with Crippen LogP contribution in [0.15, 0.2) is 30.6 Å². The third kappa shape index (κ3) is 4.16. The number of carbonyl (C=O) groups is 1. The van der Waals surface area contributed by atoms with Crippen molar-refractivity contribution in [2.45, 2.75) is 26.0 Å². The number of alkyl halides is 2. The zero-order chi connectivity index (χ0) is 19.6. The second-order valence-corrected chi connectivity index (χ2v) is 6.41. The van der Waals surface area contributed by atoms with Gasteiger partial charge in [-0.05, 0) is 24.6 Å². The molecular weight excluding hydrogens is 384 g/mol. The van der Waals surface area contributed by atoms with Crippen LogP contribution in [0.25, 0.3) is 10.2 Å². The molecule has 3 aromatic rings. The molecule has 0 bridgehead atoms. The summed E-state index contributed by atoms with van der Waals surface area (Å²) in [5, 5.41) is 17.5. The molecule has 0 aliphatic rings. The SMILES string of the molecule is CCC(C(=O)Nc1nc2ccc(OC(F)F)cc2s1)n1cc([N+](=O)[O-])cn1. The molecule has 2 heterocycles. The van der Waals surface area contributed by atoms with Gasteiger partial charge in [-0.25, -0.2) is 4.98 Å². The summed E-state index contributed by atoms with van der Waals surface area (Å²) in [5.41, 5.74) is 0.299. The number of aromatic nitrogens is 3. The molecule has 1 aromatic carbocycles. The van der Waals surface area contributed by atoms with Crippen LogP contribution in [0.2, 0.25) is 0 Å². The Morgan fingerprint density at radius 3 is 2.89 bits per heavy atom. The van der Waals surface area contributed by atoms with Crippen molar-refractivity contribution >= 4 is 38.3 Å². The third-order valence-corrected chi connectivity index (χ3v) is 4.56. The summed E-state index contributed by atoms with van der Waals surface area (Å²) in [5.74, 6) is -0.451. The summed E-state index contributed by atoms with van der Waals surface area (Å²) < 4.78 is 30.7. The lowest BCUT2D eigenvalue weighted by molar-refractivity contribution is -0.385. The number of hydrogen-bond acceptors (Lipinski definition) is 7. The molecule has 27 heavy (non-hydrogen) atoms. The highest BCUT2D eigenvalue weighted by Crippen LogP contribution is 2.30. The van der Waals surface area contributed by atoms with Gasteiger partial charge in [0.2, 0.25) is 0 Å². The summed E-state index contributed by atoms with van der Waals surface area (Å²) in [4.78, 5) is 26.9. The first-order chi connectivity index (χ1) is 12.9. The molecule has 0 saturated carbocycles. The Kier molecular flexibility index (Phi) is 5.26. The predicted molar refractivity (Wildman–Crippen MR) is 93.1 cm³/mol. The number of carbonyl (C=O) groups excluding carboxylic acids is 1. The molecule has 1 amide bonds. The average molecular weight is 397 g/mol. The molecule has 0 aliphatic carbocycles. The third-order valence-electron chi connectivity index (χ3n) is 3.62. The lowest BCUT2D eigenvalue weighted by Gasteiger charge is -2.13. The minimum absolute atomic E-state index is 0.00527. The minimum atomic E-state index is -2.93. The molecule has 2 aromatic heterocycles. The quantitative estimate of drug-likeness (QED) is 0.482. The van der Waals surface area contributed by atoms with Gasteiger partial charge >= 0.3 is 12.3 Å². The Hall–Kier alpha value is -3.15. The summed E-state index contributed by atoms with van der Waals surface area (Å²) in [6.45, 7) is -1.19. The molecule has 3 rings (SSSR count). The molecule has 142 valence electrons. The lowest BCUT2D eigenvalue weighted by Crippen LogP contribution is -2.25. The number of fused-ring (bicyclic) bond motifs is 1. The summed E-state index contributed by atoms with van der Waals surface area (Å²) >= 11 is 1.09. The van der Waals surface area contributed by atoms with E-state index < -0.39 is 23.5 Å². The summed E-state index contributed by atoms with van der Waals surface area (Å²) in [7, 11) is 0. The fourth-order valence-electron chi connectivity index (χ4n) is 2.41. The average Bonchev–Trinajstić information content (AvgIpc) is 3.21. The van der Waals surface area contributed by atoms with Crippen molar-refractivity contribution in [3.05, 3.63) is 40.7 Å². The van der Waals surface area contributed by atoms with Gasteiger partial charge in [-0.15, -0.1) is 0 Å². The first-order valence-corrected chi connectivity index (χ1v) is 8.54. The first-order valence-electron chi connectivity index (χ1n) is 7.72. The van der Waals surface area contributed by atoms with E-state index in [4.69, 9.17) is 0 Å². The maximum Gasteiger partial charge on any atom is 0.387 e. The number of rotatable bonds is 7. The van der Waals surface area contributed by atoms with Crippen LogP contribution in [0.5, 0.6) is 5.75 Å². The van der Waals surface area contributed by atoms with Crippen LogP contribution in [-0.4, -0.2) is 32.2 Å². The molecule has 0 aliphatic heterocycles. The van der Waals surface area contributed by atoms with E-state index in [1.807, 2.05) is 0 Å². The molecule has 1 atom stereocenters. The zero-order valence-electron chi connectivity index (χ0n) is 13.8. The topological polar surface area (TPSA) is 112 Å². The van der Waals surface area contributed by atoms with Crippen LogP contribution < -0.4 is 10.1 Å². The van der Waals surface area contributed by atoms with Crippen LogP contribution in [0.1, 0.15) is 19.4 Å². The fraction of sp³-hybridized carbons (Fsp3) is 0.267. The second kappa shape index (κ2) is 7.61. The van der Waals surface area contributed by atoms with E-state index in [2.05, 4.69) is 20.1 Å². The van der Waals surface area contributed by atoms with Crippen LogP contribution >= 0.6 is 11.3 Å². The van der Waals surface area contributed by atoms with E-state index in [1.165, 1.54) is 29.1 Å². The van der Waals surface area contributed by atoms with E-state index in [-0.39, 0.29) is 16.6 Å². The van der Waals surface area contributed by atoms with Crippen molar-refractivity contribution < 1.29 is 23.2 Å². The Morgan fingerprint density at radius 2 is 2.26 bits per heavy atom. The number of thiazole rings is 1. The van der Waals surface area contributed by atoms with Gasteiger partial charge in [-0.3, -0.25) is 19.6 Å². The van der Waals surface area contributed by atoms with E-state index in [0.29, 0.717) is 16.6 Å². The Bertz CT molecular complexity index is 990. The van der Waals surface area contributed by atoms with Gasteiger partial charge in [-0.1, -0.05) is 18.3 Å². The molecule has 9 nitrogen and oxygen atoms in total. The molecule has 0 saturated heterocycles. The smallest absolute Gasteiger partial charge is 0.387 e. The highest BCUT2D eigenvalue weighted by atomic mass is 32.1. The highest BCUT2D eigenvalue weighted by molar-refractivity contribution is 7.22. The van der Waals surface area contributed by atoms with E-state index >= 15 is 0 Å². The standard InChI is InChI=1S/C15H13F2N5O4S/c1-2-11(21-7-8(6-18-21)22(24)25)13(23)20-15-19-10-4-3-9(26-14(16)17)5-12(10)27-15/h3-7,11,14H,2H2,1H3,(H,19,20,23). The zero-order valence-corrected chi connectivity index (χ0v) is 14.7. The Balaban J connectivity index is 1.78. The summed E-state index contributed by atoms with van der Waals surface area (Å²) in [6, 6.07) is 3.51. The molecule has 12 heteroatoms. The van der Waals surface area contributed by atoms with E-state index in [9.17, 15) is 23.7 Å².